The molecule has 3 nitrogen and oxygen atoms in total. The molecule has 0 bridgehead atoms. The van der Waals surface area contributed by atoms with Crippen LogP contribution in [0.1, 0.15) is 5.56 Å². The minimum Gasteiger partial charge on any atom is -0.319 e. The van der Waals surface area contributed by atoms with Crippen LogP contribution in [0.4, 0.5) is 0 Å². The maximum Gasteiger partial charge on any atom is 0.175 e. The van der Waals surface area contributed by atoms with Crippen molar-refractivity contribution in [2.75, 3.05) is 19.8 Å². The molecule has 0 radical (unpaired) electrons. The fourth-order valence-electron chi connectivity index (χ4n) is 1.36. The van der Waals surface area contributed by atoms with Gasteiger partial charge in [-0.05, 0) is 43.8 Å². The lowest BCUT2D eigenvalue weighted by Gasteiger charge is -2.08. The van der Waals surface area contributed by atoms with E-state index in [9.17, 15) is 8.42 Å². The van der Waals surface area contributed by atoms with Gasteiger partial charge in [0.25, 0.3) is 0 Å². The Morgan fingerprint density at radius 1 is 1.40 bits per heavy atom. The van der Waals surface area contributed by atoms with Gasteiger partial charge in [0, 0.05) is 10.7 Å². The van der Waals surface area contributed by atoms with E-state index >= 15 is 0 Å². The Balaban J connectivity index is 3.15. The predicted octanol–water partition coefficient (Wildman–Crippen LogP) is 1.61. The van der Waals surface area contributed by atoms with Crippen molar-refractivity contribution in [2.24, 2.45) is 0 Å². The summed E-state index contributed by atoms with van der Waals surface area (Å²) in [7, 11) is -1.28. The first-order valence-corrected chi connectivity index (χ1v) is 7.26. The van der Waals surface area contributed by atoms with Crippen LogP contribution in [-0.2, 0) is 16.3 Å². The Bertz CT molecular complexity index is 443. The van der Waals surface area contributed by atoms with Crippen LogP contribution in [0, 0.1) is 0 Å². The summed E-state index contributed by atoms with van der Waals surface area (Å²) in [5.74, 6) is 0. The Kier molecular flexibility index (Phi) is 4.31. The van der Waals surface area contributed by atoms with Crippen LogP contribution in [-0.4, -0.2) is 28.3 Å². The van der Waals surface area contributed by atoms with Crippen molar-refractivity contribution in [3.8, 4) is 0 Å². The number of likely N-dealkylation sites (N-methyl/N-ethyl adjacent to an activating group) is 1. The third-order valence-electron chi connectivity index (χ3n) is 2.07. The van der Waals surface area contributed by atoms with E-state index in [0.717, 1.165) is 16.6 Å². The summed E-state index contributed by atoms with van der Waals surface area (Å²) in [4.78, 5) is 0.418. The molecule has 5 heteroatoms. The summed E-state index contributed by atoms with van der Waals surface area (Å²) >= 11 is 3.34. The van der Waals surface area contributed by atoms with Gasteiger partial charge in [0.15, 0.2) is 9.84 Å². The van der Waals surface area contributed by atoms with Crippen molar-refractivity contribution in [2.45, 2.75) is 11.3 Å². The zero-order chi connectivity index (χ0) is 11.5. The molecule has 1 aromatic carbocycles. The van der Waals surface area contributed by atoms with Gasteiger partial charge in [-0.2, -0.15) is 0 Å². The molecule has 15 heavy (non-hydrogen) atoms. The third kappa shape index (κ3) is 3.59. The van der Waals surface area contributed by atoms with E-state index in [2.05, 4.69) is 21.2 Å². The van der Waals surface area contributed by atoms with E-state index in [1.54, 1.807) is 12.1 Å². The lowest BCUT2D eigenvalue weighted by molar-refractivity contribution is 0.600. The van der Waals surface area contributed by atoms with Gasteiger partial charge in [-0.15, -0.1) is 0 Å². The molecule has 0 aliphatic rings. The standard InChI is InChI=1S/C10H14BrNO2S/c1-12-6-5-8-7-9(11)3-4-10(8)15(2,13)14/h3-4,7,12H,5-6H2,1-2H3. The smallest absolute Gasteiger partial charge is 0.175 e. The summed E-state index contributed by atoms with van der Waals surface area (Å²) in [5.41, 5.74) is 0.848. The average molecular weight is 292 g/mol. The van der Waals surface area contributed by atoms with Gasteiger partial charge in [-0.1, -0.05) is 15.9 Å². The minimum absolute atomic E-state index is 0.418. The van der Waals surface area contributed by atoms with Crippen molar-refractivity contribution >= 4 is 25.8 Å². The van der Waals surface area contributed by atoms with Crippen molar-refractivity contribution in [3.05, 3.63) is 28.2 Å². The SMILES string of the molecule is CNCCc1cc(Br)ccc1S(C)(=O)=O. The van der Waals surface area contributed by atoms with Crippen molar-refractivity contribution in [1.29, 1.82) is 0 Å². The van der Waals surface area contributed by atoms with Gasteiger partial charge in [-0.3, -0.25) is 0 Å². The molecule has 1 rings (SSSR count). The van der Waals surface area contributed by atoms with Gasteiger partial charge < -0.3 is 5.32 Å². The highest BCUT2D eigenvalue weighted by Gasteiger charge is 2.12. The topological polar surface area (TPSA) is 46.2 Å². The number of nitrogens with one attached hydrogen (secondary N) is 1. The first-order chi connectivity index (χ1) is 6.95. The molecule has 0 fully saturated rings. The quantitative estimate of drug-likeness (QED) is 0.917. The molecular weight excluding hydrogens is 278 g/mol. The molecule has 0 heterocycles. The van der Waals surface area contributed by atoms with E-state index in [-0.39, 0.29) is 0 Å². The van der Waals surface area contributed by atoms with Gasteiger partial charge in [0.1, 0.15) is 0 Å². The first kappa shape index (κ1) is 12.7. The molecule has 0 spiro atoms. The van der Waals surface area contributed by atoms with Crippen molar-refractivity contribution in [1.82, 2.24) is 5.32 Å². The fraction of sp³-hybridized carbons (Fsp3) is 0.400. The van der Waals surface area contributed by atoms with Crippen molar-refractivity contribution in [3.63, 3.8) is 0 Å². The second-order valence-electron chi connectivity index (χ2n) is 3.38. The molecule has 0 saturated carbocycles. The van der Waals surface area contributed by atoms with E-state index in [0.29, 0.717) is 11.3 Å². The molecular formula is C10H14BrNO2S. The summed E-state index contributed by atoms with van der Waals surface area (Å²) in [6.45, 7) is 0.763. The van der Waals surface area contributed by atoms with Crippen LogP contribution >= 0.6 is 15.9 Å². The molecule has 0 unspecified atom stereocenters. The molecule has 0 aliphatic heterocycles. The number of halogens is 1. The molecule has 0 amide bonds. The monoisotopic (exact) mass is 291 g/mol. The van der Waals surface area contributed by atoms with Crippen LogP contribution in [0.5, 0.6) is 0 Å². The zero-order valence-electron chi connectivity index (χ0n) is 8.75. The Labute approximate surface area is 98.9 Å². The summed E-state index contributed by atoms with van der Waals surface area (Å²) in [6.07, 6.45) is 1.94. The first-order valence-electron chi connectivity index (χ1n) is 4.58. The van der Waals surface area contributed by atoms with Gasteiger partial charge in [-0.25, -0.2) is 8.42 Å². The number of rotatable bonds is 4. The van der Waals surface area contributed by atoms with E-state index in [1.807, 2.05) is 13.1 Å². The van der Waals surface area contributed by atoms with Crippen LogP contribution < -0.4 is 5.32 Å². The maximum atomic E-state index is 11.5. The van der Waals surface area contributed by atoms with E-state index in [4.69, 9.17) is 0 Å². The zero-order valence-corrected chi connectivity index (χ0v) is 11.2. The highest BCUT2D eigenvalue weighted by molar-refractivity contribution is 9.10. The van der Waals surface area contributed by atoms with Crippen LogP contribution in [0.25, 0.3) is 0 Å². The molecule has 1 aromatic rings. The molecule has 0 saturated heterocycles. The van der Waals surface area contributed by atoms with Gasteiger partial charge in [0.2, 0.25) is 0 Å². The van der Waals surface area contributed by atoms with Crippen molar-refractivity contribution < 1.29 is 8.42 Å². The Morgan fingerprint density at radius 3 is 2.60 bits per heavy atom. The van der Waals surface area contributed by atoms with Gasteiger partial charge in [0.05, 0.1) is 4.90 Å². The van der Waals surface area contributed by atoms with Gasteiger partial charge >= 0.3 is 0 Å². The summed E-state index contributed by atoms with van der Waals surface area (Å²) in [6, 6.07) is 5.25. The minimum atomic E-state index is -3.13. The number of sulfone groups is 1. The average Bonchev–Trinajstić information content (AvgIpc) is 2.12. The normalized spacial score (nSPS) is 11.7. The molecule has 1 N–H and O–H groups in total. The van der Waals surface area contributed by atoms with Crippen LogP contribution in [0.2, 0.25) is 0 Å². The van der Waals surface area contributed by atoms with E-state index in [1.165, 1.54) is 6.26 Å². The second kappa shape index (κ2) is 5.09. The highest BCUT2D eigenvalue weighted by atomic mass is 79.9. The highest BCUT2D eigenvalue weighted by Crippen LogP contribution is 2.21. The number of benzene rings is 1. The Hall–Kier alpha value is -0.390. The van der Waals surface area contributed by atoms with Crippen LogP contribution in [0.3, 0.4) is 0 Å². The summed E-state index contributed by atoms with van der Waals surface area (Å²) in [5, 5.41) is 3.00. The maximum absolute atomic E-state index is 11.5. The predicted molar refractivity (Wildman–Crippen MR) is 64.9 cm³/mol. The van der Waals surface area contributed by atoms with E-state index < -0.39 is 9.84 Å². The Morgan fingerprint density at radius 2 is 2.07 bits per heavy atom. The molecule has 0 aliphatic carbocycles. The molecule has 0 atom stereocenters. The second-order valence-corrected chi connectivity index (χ2v) is 6.28. The lowest BCUT2D eigenvalue weighted by atomic mass is 10.1. The lowest BCUT2D eigenvalue weighted by Crippen LogP contribution is -2.12. The molecule has 84 valence electrons. The fourth-order valence-corrected chi connectivity index (χ4v) is 2.73. The number of hydrogen-bond acceptors (Lipinski definition) is 3. The third-order valence-corrected chi connectivity index (χ3v) is 3.76. The molecule has 0 aromatic heterocycles. The number of hydrogen-bond donors (Lipinski definition) is 1. The van der Waals surface area contributed by atoms with Crippen LogP contribution in [0.15, 0.2) is 27.6 Å². The summed E-state index contributed by atoms with van der Waals surface area (Å²) < 4.78 is 23.9. The largest absolute Gasteiger partial charge is 0.319 e.